The summed E-state index contributed by atoms with van der Waals surface area (Å²) in [4.78, 5) is 10.6. The average Bonchev–Trinajstić information content (AvgIpc) is 2.03. The molecular weight excluding hydrogens is 172 g/mol. The van der Waals surface area contributed by atoms with Gasteiger partial charge in [-0.15, -0.1) is 23.3 Å². The monoisotopic (exact) mass is 188 g/mol. The van der Waals surface area contributed by atoms with Crippen molar-refractivity contribution in [3.8, 4) is 0 Å². The van der Waals surface area contributed by atoms with E-state index < -0.39 is 5.09 Å². The Morgan fingerprint density at radius 3 is 1.92 bits per heavy atom. The molecule has 0 aliphatic rings. The van der Waals surface area contributed by atoms with Crippen LogP contribution in [0.2, 0.25) is 0 Å². The Balaban J connectivity index is 0. The van der Waals surface area contributed by atoms with E-state index in [9.17, 15) is 0 Å². The van der Waals surface area contributed by atoms with Crippen molar-refractivity contribution in [3.63, 3.8) is 0 Å². The molecule has 0 spiro atoms. The van der Waals surface area contributed by atoms with Crippen LogP contribution in [-0.4, -0.2) is 34.8 Å². The zero-order valence-electron chi connectivity index (χ0n) is 7.85. The largest absolute Gasteiger partial charge is 0.328 e. The van der Waals surface area contributed by atoms with E-state index in [1.807, 2.05) is 12.2 Å². The molecule has 0 aromatic heterocycles. The van der Waals surface area contributed by atoms with Crippen molar-refractivity contribution in [2.75, 3.05) is 19.6 Å². The van der Waals surface area contributed by atoms with Gasteiger partial charge >= 0.3 is 0 Å². The molecule has 0 unspecified atom stereocenters. The molecule has 0 aromatic rings. The van der Waals surface area contributed by atoms with E-state index in [2.05, 4.69) is 25.0 Å². The highest BCUT2D eigenvalue weighted by atomic mass is 16.9. The summed E-state index contributed by atoms with van der Waals surface area (Å²) in [5, 5.41) is 13.6. The molecule has 0 rings (SSSR count). The maximum absolute atomic E-state index is 8.36. The van der Waals surface area contributed by atoms with Crippen LogP contribution in [0.1, 0.15) is 6.92 Å². The summed E-state index contributed by atoms with van der Waals surface area (Å²) < 4.78 is 0. The minimum absolute atomic E-state index is 0.961. The minimum Gasteiger partial charge on any atom is -0.328 e. The number of likely N-dealkylation sites (N-methyl/N-ethyl adjacent to an activating group) is 1. The van der Waals surface area contributed by atoms with Crippen LogP contribution >= 0.6 is 0 Å². The molecule has 0 saturated carbocycles. The molecule has 1 N–H and O–H groups in total. The highest BCUT2D eigenvalue weighted by Gasteiger charge is 1.92. The van der Waals surface area contributed by atoms with Crippen molar-refractivity contribution >= 4 is 0 Å². The lowest BCUT2D eigenvalue weighted by Gasteiger charge is -2.14. The quantitative estimate of drug-likeness (QED) is 0.401. The van der Waals surface area contributed by atoms with Gasteiger partial charge in [-0.05, 0) is 6.54 Å². The van der Waals surface area contributed by atoms with Crippen LogP contribution in [0.15, 0.2) is 25.3 Å². The Morgan fingerprint density at radius 2 is 1.77 bits per heavy atom. The molecule has 13 heavy (non-hydrogen) atoms. The van der Waals surface area contributed by atoms with Crippen molar-refractivity contribution in [1.82, 2.24) is 4.90 Å². The van der Waals surface area contributed by atoms with Crippen LogP contribution < -0.4 is 0 Å². The van der Waals surface area contributed by atoms with Gasteiger partial charge in [0.25, 0.3) is 5.09 Å². The molecule has 76 valence electrons. The molecule has 0 bridgehead atoms. The van der Waals surface area contributed by atoms with Gasteiger partial charge < -0.3 is 5.21 Å². The van der Waals surface area contributed by atoms with Crippen molar-refractivity contribution in [1.29, 1.82) is 0 Å². The predicted octanol–water partition coefficient (Wildman–Crippen LogP) is 1.33. The first-order valence-electron chi connectivity index (χ1n) is 3.85. The van der Waals surface area contributed by atoms with Crippen LogP contribution in [-0.2, 0) is 0 Å². The zero-order chi connectivity index (χ0) is 10.7. The standard InChI is InChI=1S/C8H15N.HNO3/c1-4-7-9(6-3)8-5-2;2-1(3)4/h4-5H,1-2,6-8H2,3H3;(H,2,3,4). The number of hydrogen-bond acceptors (Lipinski definition) is 3. The van der Waals surface area contributed by atoms with E-state index in [1.54, 1.807) is 0 Å². The third-order valence-corrected chi connectivity index (χ3v) is 1.22. The third-order valence-electron chi connectivity index (χ3n) is 1.22. The Kier molecular flexibility index (Phi) is 11.6. The number of hydrogen-bond donors (Lipinski definition) is 1. The molecule has 0 aliphatic carbocycles. The molecule has 0 saturated heterocycles. The Bertz CT molecular complexity index is 145. The van der Waals surface area contributed by atoms with Crippen molar-refractivity contribution < 1.29 is 10.3 Å². The fraction of sp³-hybridized carbons (Fsp3) is 0.500. The second-order valence-corrected chi connectivity index (χ2v) is 2.17. The van der Waals surface area contributed by atoms with Gasteiger partial charge in [-0.1, -0.05) is 19.1 Å². The second kappa shape index (κ2) is 10.6. The second-order valence-electron chi connectivity index (χ2n) is 2.17. The first kappa shape index (κ1) is 14.2. The van der Waals surface area contributed by atoms with Gasteiger partial charge in [-0.3, -0.25) is 4.90 Å². The third kappa shape index (κ3) is 18.0. The van der Waals surface area contributed by atoms with Gasteiger partial charge in [-0.2, -0.15) is 0 Å². The Hall–Kier alpha value is -1.36. The van der Waals surface area contributed by atoms with Crippen molar-refractivity contribution in [2.45, 2.75) is 6.92 Å². The minimum atomic E-state index is -1.50. The maximum atomic E-state index is 8.36. The molecule has 5 nitrogen and oxygen atoms in total. The summed E-state index contributed by atoms with van der Waals surface area (Å²) in [6.07, 6.45) is 3.82. The van der Waals surface area contributed by atoms with E-state index in [1.165, 1.54) is 0 Å². The van der Waals surface area contributed by atoms with Gasteiger partial charge in [0.05, 0.1) is 0 Å². The smallest absolute Gasteiger partial charge is 0.291 e. The number of rotatable bonds is 5. The molecule has 0 aromatic carbocycles. The van der Waals surface area contributed by atoms with E-state index >= 15 is 0 Å². The summed E-state index contributed by atoms with van der Waals surface area (Å²) >= 11 is 0. The van der Waals surface area contributed by atoms with Crippen molar-refractivity contribution in [2.24, 2.45) is 0 Å². The van der Waals surface area contributed by atoms with E-state index in [0.717, 1.165) is 19.6 Å². The van der Waals surface area contributed by atoms with E-state index in [0.29, 0.717) is 0 Å². The van der Waals surface area contributed by atoms with Gasteiger partial charge in [0, 0.05) is 13.1 Å². The number of nitrogens with zero attached hydrogens (tertiary/aromatic N) is 2. The summed E-state index contributed by atoms with van der Waals surface area (Å²) in [5.41, 5.74) is 0. The summed E-state index contributed by atoms with van der Waals surface area (Å²) in [6, 6.07) is 0. The fourth-order valence-electron chi connectivity index (χ4n) is 0.698. The molecule has 0 amide bonds. The topological polar surface area (TPSA) is 66.6 Å². The lowest BCUT2D eigenvalue weighted by molar-refractivity contribution is -0.742. The first-order valence-corrected chi connectivity index (χ1v) is 3.85. The Labute approximate surface area is 78.1 Å². The van der Waals surface area contributed by atoms with Crippen LogP contribution in [0.5, 0.6) is 0 Å². The lowest BCUT2D eigenvalue weighted by atomic mass is 10.4. The average molecular weight is 188 g/mol. The molecule has 0 aliphatic heterocycles. The van der Waals surface area contributed by atoms with Gasteiger partial charge in [0.2, 0.25) is 0 Å². The SMILES string of the molecule is C=CCN(CC)CC=C.O=[N+]([O-])O. The molecular formula is C8H16N2O3. The van der Waals surface area contributed by atoms with Crippen LogP contribution in [0, 0.1) is 10.1 Å². The van der Waals surface area contributed by atoms with Crippen LogP contribution in [0.3, 0.4) is 0 Å². The summed E-state index contributed by atoms with van der Waals surface area (Å²) in [7, 11) is 0. The fourth-order valence-corrected chi connectivity index (χ4v) is 0.698. The Morgan fingerprint density at radius 1 is 1.46 bits per heavy atom. The lowest BCUT2D eigenvalue weighted by Crippen LogP contribution is -2.22. The van der Waals surface area contributed by atoms with Crippen LogP contribution in [0.25, 0.3) is 0 Å². The molecule has 0 radical (unpaired) electrons. The normalized spacial score (nSPS) is 8.46. The molecule has 0 heterocycles. The van der Waals surface area contributed by atoms with Gasteiger partial charge in [0.15, 0.2) is 0 Å². The highest BCUT2D eigenvalue weighted by molar-refractivity contribution is 4.78. The van der Waals surface area contributed by atoms with Gasteiger partial charge in [-0.25, -0.2) is 0 Å². The van der Waals surface area contributed by atoms with Gasteiger partial charge in [0.1, 0.15) is 0 Å². The predicted molar refractivity (Wildman–Crippen MR) is 51.3 cm³/mol. The van der Waals surface area contributed by atoms with E-state index in [-0.39, 0.29) is 0 Å². The first-order chi connectivity index (χ1) is 6.08. The molecule has 0 fully saturated rings. The van der Waals surface area contributed by atoms with Crippen LogP contribution in [0.4, 0.5) is 0 Å². The van der Waals surface area contributed by atoms with Crippen molar-refractivity contribution in [3.05, 3.63) is 35.4 Å². The summed E-state index contributed by atoms with van der Waals surface area (Å²) in [6.45, 7) is 12.4. The molecule has 0 atom stereocenters. The summed E-state index contributed by atoms with van der Waals surface area (Å²) in [5.74, 6) is 0. The molecule has 5 heteroatoms. The van der Waals surface area contributed by atoms with E-state index in [4.69, 9.17) is 15.3 Å². The maximum Gasteiger partial charge on any atom is 0.291 e. The zero-order valence-corrected chi connectivity index (χ0v) is 7.85. The highest BCUT2D eigenvalue weighted by Crippen LogP contribution is 1.86.